The van der Waals surface area contributed by atoms with Crippen LogP contribution in [0.2, 0.25) is 0 Å². The number of furan rings is 1. The van der Waals surface area contributed by atoms with Crippen LogP contribution in [0.1, 0.15) is 33.8 Å². The highest BCUT2D eigenvalue weighted by atomic mass is 35.5. The standard InChI is InChI=1S/C18H21N3O3.ClH/c22-17(20-9-7-13-6-8-19-12-13)14-3-1-4-15(11-14)21-18(23)16-5-2-10-24-16;/h1-5,10-11,13,19H,6-9,12H2,(H,20,22)(H,21,23);1H. The quantitative estimate of drug-likeness (QED) is 0.736. The van der Waals surface area contributed by atoms with E-state index in [1.54, 1.807) is 36.4 Å². The minimum absolute atomic E-state index is 0. The fourth-order valence-corrected chi connectivity index (χ4v) is 2.79. The Labute approximate surface area is 152 Å². The van der Waals surface area contributed by atoms with E-state index < -0.39 is 0 Å². The van der Waals surface area contributed by atoms with Crippen LogP contribution in [0.25, 0.3) is 0 Å². The predicted octanol–water partition coefficient (Wildman–Crippen LogP) is 2.68. The summed E-state index contributed by atoms with van der Waals surface area (Å²) in [7, 11) is 0. The van der Waals surface area contributed by atoms with Gasteiger partial charge < -0.3 is 20.4 Å². The first-order valence-corrected chi connectivity index (χ1v) is 8.16. The average Bonchev–Trinajstić information content (AvgIpc) is 3.29. The van der Waals surface area contributed by atoms with Crippen molar-refractivity contribution in [2.45, 2.75) is 12.8 Å². The van der Waals surface area contributed by atoms with Crippen molar-refractivity contribution in [3.63, 3.8) is 0 Å². The van der Waals surface area contributed by atoms with Crippen molar-refractivity contribution in [3.05, 3.63) is 54.0 Å². The summed E-state index contributed by atoms with van der Waals surface area (Å²) in [5.41, 5.74) is 1.08. The van der Waals surface area contributed by atoms with E-state index in [4.69, 9.17) is 4.42 Å². The fourth-order valence-electron chi connectivity index (χ4n) is 2.79. The van der Waals surface area contributed by atoms with Crippen LogP contribution in [-0.4, -0.2) is 31.4 Å². The number of benzene rings is 1. The van der Waals surface area contributed by atoms with Gasteiger partial charge in [0.2, 0.25) is 0 Å². The van der Waals surface area contributed by atoms with E-state index in [9.17, 15) is 9.59 Å². The third kappa shape index (κ3) is 5.34. The zero-order valence-electron chi connectivity index (χ0n) is 13.8. The molecule has 1 aliphatic heterocycles. The first kappa shape index (κ1) is 19.0. The van der Waals surface area contributed by atoms with Crippen LogP contribution in [-0.2, 0) is 0 Å². The van der Waals surface area contributed by atoms with Crippen molar-refractivity contribution >= 4 is 29.9 Å². The second-order valence-corrected chi connectivity index (χ2v) is 5.92. The second-order valence-electron chi connectivity index (χ2n) is 5.92. The van der Waals surface area contributed by atoms with Gasteiger partial charge in [0, 0.05) is 17.8 Å². The van der Waals surface area contributed by atoms with Crippen molar-refractivity contribution in [2.24, 2.45) is 5.92 Å². The maximum Gasteiger partial charge on any atom is 0.291 e. The first-order chi connectivity index (χ1) is 11.7. The number of hydrogen-bond acceptors (Lipinski definition) is 4. The molecule has 0 saturated carbocycles. The molecule has 2 amide bonds. The Balaban J connectivity index is 0.00000225. The van der Waals surface area contributed by atoms with Crippen molar-refractivity contribution in [1.29, 1.82) is 0 Å². The fraction of sp³-hybridized carbons (Fsp3) is 0.333. The van der Waals surface area contributed by atoms with Gasteiger partial charge in [-0.25, -0.2) is 0 Å². The van der Waals surface area contributed by atoms with Crippen molar-refractivity contribution in [3.8, 4) is 0 Å². The van der Waals surface area contributed by atoms with Gasteiger partial charge in [-0.05, 0) is 62.2 Å². The Morgan fingerprint density at radius 2 is 2.08 bits per heavy atom. The molecule has 1 fully saturated rings. The molecule has 0 bridgehead atoms. The maximum absolute atomic E-state index is 12.2. The van der Waals surface area contributed by atoms with Gasteiger partial charge >= 0.3 is 0 Å². The van der Waals surface area contributed by atoms with Crippen LogP contribution in [0.5, 0.6) is 0 Å². The van der Waals surface area contributed by atoms with Crippen LogP contribution >= 0.6 is 12.4 Å². The Bertz CT molecular complexity index is 697. The molecule has 2 aromatic rings. The van der Waals surface area contributed by atoms with E-state index in [2.05, 4.69) is 16.0 Å². The predicted molar refractivity (Wildman–Crippen MR) is 98.3 cm³/mol. The Kier molecular flexibility index (Phi) is 7.03. The SMILES string of the molecule is Cl.O=C(NCCC1CCNC1)c1cccc(NC(=O)c2ccco2)c1. The lowest BCUT2D eigenvalue weighted by Crippen LogP contribution is -2.26. The highest BCUT2D eigenvalue weighted by Crippen LogP contribution is 2.14. The molecule has 3 rings (SSSR count). The Morgan fingerprint density at radius 3 is 2.80 bits per heavy atom. The van der Waals surface area contributed by atoms with E-state index in [0.29, 0.717) is 23.7 Å². The van der Waals surface area contributed by atoms with Gasteiger partial charge in [-0.2, -0.15) is 0 Å². The summed E-state index contributed by atoms with van der Waals surface area (Å²) in [5.74, 6) is 0.403. The lowest BCUT2D eigenvalue weighted by molar-refractivity contribution is 0.0949. The first-order valence-electron chi connectivity index (χ1n) is 8.16. The van der Waals surface area contributed by atoms with Gasteiger partial charge in [0.1, 0.15) is 0 Å². The number of carbonyl (C=O) groups is 2. The van der Waals surface area contributed by atoms with Gasteiger partial charge in [0.05, 0.1) is 6.26 Å². The molecular weight excluding hydrogens is 342 g/mol. The molecule has 6 nitrogen and oxygen atoms in total. The molecular formula is C18H22ClN3O3. The summed E-state index contributed by atoms with van der Waals surface area (Å²) in [6, 6.07) is 10.1. The van der Waals surface area contributed by atoms with Crippen LogP contribution < -0.4 is 16.0 Å². The highest BCUT2D eigenvalue weighted by Gasteiger charge is 2.15. The van der Waals surface area contributed by atoms with Crippen LogP contribution in [0, 0.1) is 5.92 Å². The molecule has 1 aliphatic rings. The molecule has 0 aliphatic carbocycles. The number of rotatable bonds is 6. The summed E-state index contributed by atoms with van der Waals surface area (Å²) >= 11 is 0. The third-order valence-electron chi connectivity index (χ3n) is 4.13. The number of anilines is 1. The molecule has 2 heterocycles. The smallest absolute Gasteiger partial charge is 0.291 e. The number of carbonyl (C=O) groups excluding carboxylic acids is 2. The largest absolute Gasteiger partial charge is 0.459 e. The molecule has 3 N–H and O–H groups in total. The van der Waals surface area contributed by atoms with Crippen LogP contribution in [0.15, 0.2) is 47.1 Å². The number of amides is 2. The molecule has 1 aromatic heterocycles. The number of halogens is 1. The number of nitrogens with one attached hydrogen (secondary N) is 3. The molecule has 0 spiro atoms. The van der Waals surface area contributed by atoms with E-state index in [1.165, 1.54) is 12.7 Å². The van der Waals surface area contributed by atoms with E-state index >= 15 is 0 Å². The van der Waals surface area contributed by atoms with Crippen LogP contribution in [0.4, 0.5) is 5.69 Å². The van der Waals surface area contributed by atoms with Crippen molar-refractivity contribution < 1.29 is 14.0 Å². The molecule has 7 heteroatoms. The second kappa shape index (κ2) is 9.25. The van der Waals surface area contributed by atoms with Gasteiger partial charge in [-0.15, -0.1) is 12.4 Å². The van der Waals surface area contributed by atoms with Gasteiger partial charge in [-0.1, -0.05) is 6.07 Å². The molecule has 0 radical (unpaired) electrons. The number of hydrogen-bond donors (Lipinski definition) is 3. The third-order valence-corrected chi connectivity index (χ3v) is 4.13. The Hall–Kier alpha value is -2.31. The van der Waals surface area contributed by atoms with E-state index in [1.807, 2.05) is 0 Å². The molecule has 1 aromatic carbocycles. The summed E-state index contributed by atoms with van der Waals surface area (Å²) < 4.78 is 5.05. The summed E-state index contributed by atoms with van der Waals surface area (Å²) in [6.45, 7) is 2.76. The molecule has 1 atom stereocenters. The average molecular weight is 364 g/mol. The minimum atomic E-state index is -0.341. The molecule has 25 heavy (non-hydrogen) atoms. The lowest BCUT2D eigenvalue weighted by atomic mass is 10.1. The zero-order chi connectivity index (χ0) is 16.8. The summed E-state index contributed by atoms with van der Waals surface area (Å²) in [4.78, 5) is 24.2. The topological polar surface area (TPSA) is 83.4 Å². The van der Waals surface area contributed by atoms with Gasteiger partial charge in [0.25, 0.3) is 11.8 Å². The summed E-state index contributed by atoms with van der Waals surface area (Å²) in [6.07, 6.45) is 3.59. The molecule has 1 unspecified atom stereocenters. The van der Waals surface area contributed by atoms with Crippen molar-refractivity contribution in [1.82, 2.24) is 10.6 Å². The molecule has 1 saturated heterocycles. The van der Waals surface area contributed by atoms with E-state index in [-0.39, 0.29) is 30.0 Å². The van der Waals surface area contributed by atoms with Crippen molar-refractivity contribution in [2.75, 3.05) is 25.0 Å². The monoisotopic (exact) mass is 363 g/mol. The maximum atomic E-state index is 12.2. The van der Waals surface area contributed by atoms with E-state index in [0.717, 1.165) is 19.5 Å². The van der Waals surface area contributed by atoms with Gasteiger partial charge in [0.15, 0.2) is 5.76 Å². The normalized spacial score (nSPS) is 16.1. The van der Waals surface area contributed by atoms with Gasteiger partial charge in [-0.3, -0.25) is 9.59 Å². The highest BCUT2D eigenvalue weighted by molar-refractivity contribution is 6.03. The minimum Gasteiger partial charge on any atom is -0.459 e. The summed E-state index contributed by atoms with van der Waals surface area (Å²) in [5, 5.41) is 8.97. The van der Waals surface area contributed by atoms with Crippen LogP contribution in [0.3, 0.4) is 0 Å². The zero-order valence-corrected chi connectivity index (χ0v) is 14.6. The molecule has 134 valence electrons. The Morgan fingerprint density at radius 1 is 1.20 bits per heavy atom. The lowest BCUT2D eigenvalue weighted by Gasteiger charge is -2.10.